The average Bonchev–Trinajstić information content (AvgIpc) is 2.92. The molecule has 0 atom stereocenters. The Bertz CT molecular complexity index is 451. The van der Waals surface area contributed by atoms with Crippen molar-refractivity contribution in [1.29, 1.82) is 0 Å². The summed E-state index contributed by atoms with van der Waals surface area (Å²) in [5.74, 6) is 0.991. The molecule has 0 unspecified atom stereocenters. The monoisotopic (exact) mass is 245 g/mol. The second kappa shape index (κ2) is 6.87. The number of ether oxygens (including phenoxy) is 1. The predicted molar refractivity (Wildman–Crippen MR) is 71.7 cm³/mol. The van der Waals surface area contributed by atoms with Gasteiger partial charge in [0.25, 0.3) is 0 Å². The van der Waals surface area contributed by atoms with Crippen LogP contribution in [0.15, 0.2) is 47.3 Å². The van der Waals surface area contributed by atoms with Gasteiger partial charge in [-0.25, -0.2) is 0 Å². The molecule has 96 valence electrons. The van der Waals surface area contributed by atoms with Crippen molar-refractivity contribution >= 4 is 0 Å². The molecule has 2 aromatic rings. The molecule has 0 radical (unpaired) electrons. The van der Waals surface area contributed by atoms with Gasteiger partial charge in [-0.1, -0.05) is 25.1 Å². The van der Waals surface area contributed by atoms with Gasteiger partial charge in [-0.3, -0.25) is 0 Å². The lowest BCUT2D eigenvalue weighted by molar-refractivity contribution is 0.310. The molecule has 1 N–H and O–H groups in total. The van der Waals surface area contributed by atoms with Crippen LogP contribution in [-0.2, 0) is 13.0 Å². The van der Waals surface area contributed by atoms with Crippen LogP contribution in [0, 0.1) is 0 Å². The Labute approximate surface area is 108 Å². The van der Waals surface area contributed by atoms with Gasteiger partial charge in [0.15, 0.2) is 0 Å². The Kier molecular flexibility index (Phi) is 4.85. The van der Waals surface area contributed by atoms with Crippen LogP contribution in [0.2, 0.25) is 0 Å². The molecule has 0 fully saturated rings. The fourth-order valence-corrected chi connectivity index (χ4v) is 1.80. The molecule has 0 saturated carbocycles. The molecule has 3 heteroatoms. The zero-order valence-corrected chi connectivity index (χ0v) is 10.7. The highest BCUT2D eigenvalue weighted by Gasteiger charge is 2.00. The van der Waals surface area contributed by atoms with Crippen molar-refractivity contribution < 1.29 is 9.15 Å². The van der Waals surface area contributed by atoms with Crippen molar-refractivity contribution in [3.8, 4) is 5.75 Å². The fraction of sp³-hybridized carbons (Fsp3) is 0.333. The van der Waals surface area contributed by atoms with Crippen molar-refractivity contribution in [2.24, 2.45) is 0 Å². The van der Waals surface area contributed by atoms with E-state index in [1.807, 2.05) is 24.3 Å². The SMILES string of the molecule is CCc1ccccc1OCCNCc1ccoc1. The number of aryl methyl sites for hydroxylation is 1. The van der Waals surface area contributed by atoms with E-state index in [9.17, 15) is 0 Å². The molecule has 1 aromatic carbocycles. The summed E-state index contributed by atoms with van der Waals surface area (Å²) in [5, 5.41) is 3.31. The summed E-state index contributed by atoms with van der Waals surface area (Å²) in [6.45, 7) is 4.45. The average molecular weight is 245 g/mol. The van der Waals surface area contributed by atoms with Crippen molar-refractivity contribution in [3.63, 3.8) is 0 Å². The number of hydrogen-bond acceptors (Lipinski definition) is 3. The van der Waals surface area contributed by atoms with Crippen LogP contribution >= 0.6 is 0 Å². The van der Waals surface area contributed by atoms with Gasteiger partial charge in [-0.15, -0.1) is 0 Å². The lowest BCUT2D eigenvalue weighted by Crippen LogP contribution is -2.20. The van der Waals surface area contributed by atoms with Crippen LogP contribution in [0.3, 0.4) is 0 Å². The first-order valence-corrected chi connectivity index (χ1v) is 6.32. The summed E-state index contributed by atoms with van der Waals surface area (Å²) in [5.41, 5.74) is 2.41. The van der Waals surface area contributed by atoms with Crippen LogP contribution < -0.4 is 10.1 Å². The molecule has 0 amide bonds. The van der Waals surface area contributed by atoms with E-state index in [4.69, 9.17) is 9.15 Å². The van der Waals surface area contributed by atoms with E-state index < -0.39 is 0 Å². The third kappa shape index (κ3) is 3.64. The molecule has 2 rings (SSSR count). The molecular formula is C15H19NO2. The van der Waals surface area contributed by atoms with E-state index in [1.54, 1.807) is 12.5 Å². The summed E-state index contributed by atoms with van der Waals surface area (Å²) in [6, 6.07) is 10.1. The minimum atomic E-state index is 0.675. The van der Waals surface area contributed by atoms with Gasteiger partial charge < -0.3 is 14.5 Å². The third-order valence-electron chi connectivity index (χ3n) is 2.80. The van der Waals surface area contributed by atoms with E-state index in [1.165, 1.54) is 5.56 Å². The third-order valence-corrected chi connectivity index (χ3v) is 2.80. The first-order valence-electron chi connectivity index (χ1n) is 6.32. The molecule has 18 heavy (non-hydrogen) atoms. The molecule has 1 heterocycles. The molecule has 0 aliphatic rings. The second-order valence-corrected chi connectivity index (χ2v) is 4.12. The van der Waals surface area contributed by atoms with Gasteiger partial charge in [0.2, 0.25) is 0 Å². The van der Waals surface area contributed by atoms with Crippen LogP contribution in [0.1, 0.15) is 18.1 Å². The lowest BCUT2D eigenvalue weighted by Gasteiger charge is -2.10. The van der Waals surface area contributed by atoms with E-state index in [2.05, 4.69) is 18.3 Å². The van der Waals surface area contributed by atoms with Crippen LogP contribution in [0.25, 0.3) is 0 Å². The summed E-state index contributed by atoms with van der Waals surface area (Å²) in [6.07, 6.45) is 4.43. The highest BCUT2D eigenvalue weighted by molar-refractivity contribution is 5.33. The Hall–Kier alpha value is -1.74. The van der Waals surface area contributed by atoms with Gasteiger partial charge in [0.1, 0.15) is 12.4 Å². The zero-order chi connectivity index (χ0) is 12.6. The van der Waals surface area contributed by atoms with Crippen molar-refractivity contribution in [2.75, 3.05) is 13.2 Å². The number of benzene rings is 1. The van der Waals surface area contributed by atoms with E-state index in [0.717, 1.165) is 30.8 Å². The molecule has 1 aromatic heterocycles. The molecule has 0 aliphatic carbocycles. The maximum atomic E-state index is 5.76. The number of furan rings is 1. The molecule has 3 nitrogen and oxygen atoms in total. The Morgan fingerprint density at radius 3 is 2.89 bits per heavy atom. The lowest BCUT2D eigenvalue weighted by atomic mass is 10.1. The minimum Gasteiger partial charge on any atom is -0.492 e. The molecule has 0 bridgehead atoms. The largest absolute Gasteiger partial charge is 0.492 e. The van der Waals surface area contributed by atoms with Crippen LogP contribution in [0.4, 0.5) is 0 Å². The number of hydrogen-bond donors (Lipinski definition) is 1. The van der Waals surface area contributed by atoms with E-state index >= 15 is 0 Å². The van der Waals surface area contributed by atoms with Crippen LogP contribution in [0.5, 0.6) is 5.75 Å². The zero-order valence-electron chi connectivity index (χ0n) is 10.7. The molecular weight excluding hydrogens is 226 g/mol. The Balaban J connectivity index is 1.69. The van der Waals surface area contributed by atoms with Crippen molar-refractivity contribution in [1.82, 2.24) is 5.32 Å². The Morgan fingerprint density at radius 2 is 2.11 bits per heavy atom. The first-order chi connectivity index (χ1) is 8.90. The molecule has 0 saturated heterocycles. The van der Waals surface area contributed by atoms with E-state index in [0.29, 0.717) is 6.61 Å². The summed E-state index contributed by atoms with van der Waals surface area (Å²) in [7, 11) is 0. The highest BCUT2D eigenvalue weighted by Crippen LogP contribution is 2.17. The standard InChI is InChI=1S/C15H19NO2/c1-2-14-5-3-4-6-15(14)18-10-8-16-11-13-7-9-17-12-13/h3-7,9,12,16H,2,8,10-11H2,1H3. The van der Waals surface area contributed by atoms with E-state index in [-0.39, 0.29) is 0 Å². The topological polar surface area (TPSA) is 34.4 Å². The quantitative estimate of drug-likeness (QED) is 0.761. The summed E-state index contributed by atoms with van der Waals surface area (Å²) < 4.78 is 10.8. The molecule has 0 spiro atoms. The van der Waals surface area contributed by atoms with Gasteiger partial charge in [0, 0.05) is 18.7 Å². The highest BCUT2D eigenvalue weighted by atomic mass is 16.5. The van der Waals surface area contributed by atoms with Crippen molar-refractivity contribution in [2.45, 2.75) is 19.9 Å². The van der Waals surface area contributed by atoms with Gasteiger partial charge in [-0.05, 0) is 24.1 Å². The maximum Gasteiger partial charge on any atom is 0.122 e. The normalized spacial score (nSPS) is 10.5. The number of para-hydroxylation sites is 1. The maximum absolute atomic E-state index is 5.76. The van der Waals surface area contributed by atoms with Crippen molar-refractivity contribution in [3.05, 3.63) is 54.0 Å². The van der Waals surface area contributed by atoms with Gasteiger partial charge in [0.05, 0.1) is 12.5 Å². The number of nitrogens with one attached hydrogen (secondary N) is 1. The van der Waals surface area contributed by atoms with Gasteiger partial charge in [-0.2, -0.15) is 0 Å². The first kappa shape index (κ1) is 12.7. The summed E-state index contributed by atoms with van der Waals surface area (Å²) in [4.78, 5) is 0. The predicted octanol–water partition coefficient (Wildman–Crippen LogP) is 3.01. The summed E-state index contributed by atoms with van der Waals surface area (Å²) >= 11 is 0. The Morgan fingerprint density at radius 1 is 1.22 bits per heavy atom. The van der Waals surface area contributed by atoms with Crippen LogP contribution in [-0.4, -0.2) is 13.2 Å². The fourth-order valence-electron chi connectivity index (χ4n) is 1.80. The minimum absolute atomic E-state index is 0.675. The second-order valence-electron chi connectivity index (χ2n) is 4.12. The van der Waals surface area contributed by atoms with Gasteiger partial charge >= 0.3 is 0 Å². The molecule has 0 aliphatic heterocycles. The number of rotatable bonds is 7. The smallest absolute Gasteiger partial charge is 0.122 e.